The number of rotatable bonds is 2. The smallest absolute Gasteiger partial charge is 0.254 e. The lowest BCUT2D eigenvalue weighted by atomic mass is 10.0. The normalized spacial score (nSPS) is 23.7. The summed E-state index contributed by atoms with van der Waals surface area (Å²) >= 11 is 0. The number of carbonyl (C=O) groups excluding carboxylic acids is 1. The van der Waals surface area contributed by atoms with Crippen LogP contribution in [0.5, 0.6) is 0 Å². The molecule has 1 aromatic carbocycles. The van der Waals surface area contributed by atoms with Crippen LogP contribution in [0.2, 0.25) is 0 Å². The molecule has 1 aromatic rings. The van der Waals surface area contributed by atoms with Crippen LogP contribution in [-0.4, -0.2) is 23.2 Å². The molecule has 19 heavy (non-hydrogen) atoms. The number of aliphatic hydroxyl groups is 1. The number of halogens is 1. The largest absolute Gasteiger partial charge is 0.391 e. The molecule has 2 rings (SSSR count). The van der Waals surface area contributed by atoms with Crippen LogP contribution in [0.4, 0.5) is 4.39 Å². The first-order chi connectivity index (χ1) is 9.09. The molecule has 1 aliphatic rings. The van der Waals surface area contributed by atoms with Crippen molar-refractivity contribution in [3.05, 3.63) is 35.1 Å². The van der Waals surface area contributed by atoms with E-state index in [0.717, 1.165) is 25.7 Å². The minimum absolute atomic E-state index is 0.0523. The average Bonchev–Trinajstić information content (AvgIpc) is 2.58. The van der Waals surface area contributed by atoms with Gasteiger partial charge in [0, 0.05) is 0 Å². The van der Waals surface area contributed by atoms with E-state index in [2.05, 4.69) is 5.32 Å². The Hall–Kier alpha value is -1.42. The Morgan fingerprint density at radius 1 is 1.32 bits per heavy atom. The molecular formula is C15H20FNO2. The third-order valence-electron chi connectivity index (χ3n) is 3.73. The van der Waals surface area contributed by atoms with Gasteiger partial charge in [-0.1, -0.05) is 31.4 Å². The molecule has 0 spiro atoms. The molecule has 0 aliphatic heterocycles. The number of aryl methyl sites for hydroxylation is 1. The molecule has 4 heteroatoms. The monoisotopic (exact) mass is 265 g/mol. The van der Waals surface area contributed by atoms with Crippen molar-refractivity contribution in [2.75, 3.05) is 0 Å². The summed E-state index contributed by atoms with van der Waals surface area (Å²) in [5.74, 6) is -0.921. The summed E-state index contributed by atoms with van der Waals surface area (Å²) in [6, 6.07) is 4.50. The zero-order valence-electron chi connectivity index (χ0n) is 11.2. The maximum absolute atomic E-state index is 13.9. The van der Waals surface area contributed by atoms with Gasteiger partial charge in [-0.2, -0.15) is 0 Å². The average molecular weight is 265 g/mol. The second kappa shape index (κ2) is 6.15. The van der Waals surface area contributed by atoms with Crippen molar-refractivity contribution in [1.29, 1.82) is 0 Å². The maximum Gasteiger partial charge on any atom is 0.254 e. The Labute approximate surface area is 112 Å². The van der Waals surface area contributed by atoms with E-state index in [4.69, 9.17) is 0 Å². The number of amides is 1. The number of hydrogen-bond acceptors (Lipinski definition) is 2. The van der Waals surface area contributed by atoms with E-state index in [1.165, 1.54) is 6.07 Å². The van der Waals surface area contributed by atoms with Crippen LogP contribution in [0.3, 0.4) is 0 Å². The van der Waals surface area contributed by atoms with Gasteiger partial charge in [0.25, 0.3) is 5.91 Å². The molecular weight excluding hydrogens is 245 g/mol. The van der Waals surface area contributed by atoms with Crippen LogP contribution >= 0.6 is 0 Å². The highest BCUT2D eigenvalue weighted by Crippen LogP contribution is 2.19. The molecule has 1 fully saturated rings. The fraction of sp³-hybridized carbons (Fsp3) is 0.533. The molecule has 2 unspecified atom stereocenters. The fourth-order valence-corrected chi connectivity index (χ4v) is 2.53. The quantitative estimate of drug-likeness (QED) is 0.807. The van der Waals surface area contributed by atoms with E-state index in [1.807, 2.05) is 0 Å². The Morgan fingerprint density at radius 2 is 2.05 bits per heavy atom. The van der Waals surface area contributed by atoms with Crippen LogP contribution in [0, 0.1) is 12.7 Å². The fourth-order valence-electron chi connectivity index (χ4n) is 2.53. The van der Waals surface area contributed by atoms with Crippen molar-refractivity contribution in [3.8, 4) is 0 Å². The minimum atomic E-state index is -0.528. The lowest BCUT2D eigenvalue weighted by molar-refractivity contribution is 0.0815. The Morgan fingerprint density at radius 3 is 2.84 bits per heavy atom. The second-order valence-electron chi connectivity index (χ2n) is 5.22. The summed E-state index contributed by atoms with van der Waals surface area (Å²) in [5, 5.41) is 12.7. The van der Waals surface area contributed by atoms with Gasteiger partial charge in [-0.15, -0.1) is 0 Å². The third-order valence-corrected chi connectivity index (χ3v) is 3.73. The highest BCUT2D eigenvalue weighted by molar-refractivity contribution is 5.94. The molecule has 104 valence electrons. The molecule has 3 nitrogen and oxygen atoms in total. The summed E-state index contributed by atoms with van der Waals surface area (Å²) in [7, 11) is 0. The van der Waals surface area contributed by atoms with Crippen LogP contribution in [0.15, 0.2) is 18.2 Å². The van der Waals surface area contributed by atoms with Crippen molar-refractivity contribution >= 4 is 5.91 Å². The van der Waals surface area contributed by atoms with Crippen molar-refractivity contribution in [3.63, 3.8) is 0 Å². The van der Waals surface area contributed by atoms with Crippen molar-refractivity contribution in [2.45, 2.75) is 51.2 Å². The maximum atomic E-state index is 13.9. The van der Waals surface area contributed by atoms with Crippen LogP contribution in [-0.2, 0) is 0 Å². The second-order valence-corrected chi connectivity index (χ2v) is 5.22. The van der Waals surface area contributed by atoms with E-state index >= 15 is 0 Å². The predicted molar refractivity (Wildman–Crippen MR) is 71.5 cm³/mol. The topological polar surface area (TPSA) is 49.3 Å². The standard InChI is InChI=1S/C15H20FNO2/c1-10-6-5-7-11(14(10)16)15(19)17-12-8-3-2-4-9-13(12)18/h5-7,12-13,18H,2-4,8-9H2,1H3,(H,17,19). The molecule has 0 bridgehead atoms. The van der Waals surface area contributed by atoms with Crippen LogP contribution in [0.25, 0.3) is 0 Å². The summed E-state index contributed by atoms with van der Waals surface area (Å²) in [5.41, 5.74) is 0.505. The molecule has 1 aliphatic carbocycles. The molecule has 0 heterocycles. The number of hydrogen-bond donors (Lipinski definition) is 2. The molecule has 2 atom stereocenters. The number of benzene rings is 1. The van der Waals surface area contributed by atoms with Gasteiger partial charge in [0.1, 0.15) is 5.82 Å². The van der Waals surface area contributed by atoms with Crippen molar-refractivity contribution < 1.29 is 14.3 Å². The Balaban J connectivity index is 2.09. The van der Waals surface area contributed by atoms with Gasteiger partial charge in [-0.25, -0.2) is 4.39 Å². The summed E-state index contributed by atoms with van der Waals surface area (Å²) < 4.78 is 13.9. The van der Waals surface area contributed by atoms with Gasteiger partial charge in [-0.05, 0) is 31.4 Å². The van der Waals surface area contributed by atoms with E-state index in [0.29, 0.717) is 12.0 Å². The summed E-state index contributed by atoms with van der Waals surface area (Å²) in [6.45, 7) is 1.63. The molecule has 1 saturated carbocycles. The zero-order chi connectivity index (χ0) is 13.8. The minimum Gasteiger partial charge on any atom is -0.391 e. The lowest BCUT2D eigenvalue weighted by Crippen LogP contribution is -2.43. The molecule has 0 aromatic heterocycles. The van der Waals surface area contributed by atoms with Gasteiger partial charge >= 0.3 is 0 Å². The summed E-state index contributed by atoms with van der Waals surface area (Å²) in [4.78, 5) is 12.1. The van der Waals surface area contributed by atoms with E-state index in [1.54, 1.807) is 19.1 Å². The summed E-state index contributed by atoms with van der Waals surface area (Å²) in [6.07, 6.45) is 3.95. The van der Waals surface area contributed by atoms with Gasteiger partial charge in [0.05, 0.1) is 17.7 Å². The third kappa shape index (κ3) is 3.32. The SMILES string of the molecule is Cc1cccc(C(=O)NC2CCCCCC2O)c1F. The molecule has 1 amide bonds. The lowest BCUT2D eigenvalue weighted by Gasteiger charge is -2.22. The highest BCUT2D eigenvalue weighted by Gasteiger charge is 2.24. The first kappa shape index (κ1) is 14.0. The molecule has 0 radical (unpaired) electrons. The first-order valence-electron chi connectivity index (χ1n) is 6.83. The van der Waals surface area contributed by atoms with Gasteiger partial charge in [-0.3, -0.25) is 4.79 Å². The number of carbonyl (C=O) groups is 1. The highest BCUT2D eigenvalue weighted by atomic mass is 19.1. The van der Waals surface area contributed by atoms with Crippen molar-refractivity contribution in [1.82, 2.24) is 5.32 Å². The van der Waals surface area contributed by atoms with Crippen LogP contribution < -0.4 is 5.32 Å². The van der Waals surface area contributed by atoms with Gasteiger partial charge < -0.3 is 10.4 Å². The van der Waals surface area contributed by atoms with Gasteiger partial charge in [0.15, 0.2) is 0 Å². The zero-order valence-corrected chi connectivity index (χ0v) is 11.2. The number of nitrogens with one attached hydrogen (secondary N) is 1. The van der Waals surface area contributed by atoms with Crippen molar-refractivity contribution in [2.24, 2.45) is 0 Å². The van der Waals surface area contributed by atoms with Gasteiger partial charge in [0.2, 0.25) is 0 Å². The van der Waals surface area contributed by atoms with E-state index in [-0.39, 0.29) is 11.6 Å². The first-order valence-corrected chi connectivity index (χ1v) is 6.83. The Kier molecular flexibility index (Phi) is 4.53. The number of aliphatic hydroxyl groups excluding tert-OH is 1. The van der Waals surface area contributed by atoms with E-state index in [9.17, 15) is 14.3 Å². The molecule has 0 saturated heterocycles. The van der Waals surface area contributed by atoms with Crippen LogP contribution in [0.1, 0.15) is 48.0 Å². The molecule has 2 N–H and O–H groups in total. The predicted octanol–water partition coefficient (Wildman–Crippen LogP) is 2.56. The van der Waals surface area contributed by atoms with E-state index < -0.39 is 17.8 Å². The Bertz CT molecular complexity index is 461.